The highest BCUT2D eigenvalue weighted by atomic mass is 35.5. The highest BCUT2D eigenvalue weighted by Gasteiger charge is 2.19. The van der Waals surface area contributed by atoms with Crippen molar-refractivity contribution in [2.75, 3.05) is 0 Å². The fourth-order valence-electron chi connectivity index (χ4n) is 2.11. The Hall–Kier alpha value is -2.34. The van der Waals surface area contributed by atoms with Gasteiger partial charge < -0.3 is 14.8 Å². The van der Waals surface area contributed by atoms with Crippen molar-refractivity contribution in [1.82, 2.24) is 5.32 Å². The number of benzene rings is 1. The lowest BCUT2D eigenvalue weighted by Gasteiger charge is -2.17. The van der Waals surface area contributed by atoms with E-state index in [1.165, 1.54) is 18.4 Å². The molecule has 0 aliphatic heterocycles. The Labute approximate surface area is 137 Å². The number of furan rings is 1. The molecule has 0 saturated heterocycles. The highest BCUT2D eigenvalue weighted by molar-refractivity contribution is 6.30. The number of carbonyl (C=O) groups is 2. The quantitative estimate of drug-likeness (QED) is 0.810. The molecule has 0 saturated carbocycles. The summed E-state index contributed by atoms with van der Waals surface area (Å²) in [6.45, 7) is 0. The van der Waals surface area contributed by atoms with E-state index in [2.05, 4.69) is 5.32 Å². The van der Waals surface area contributed by atoms with Crippen LogP contribution in [0.25, 0.3) is 0 Å². The summed E-state index contributed by atoms with van der Waals surface area (Å²) in [5.74, 6) is -1.45. The van der Waals surface area contributed by atoms with Crippen molar-refractivity contribution in [3.63, 3.8) is 0 Å². The fourth-order valence-corrected chi connectivity index (χ4v) is 2.23. The third kappa shape index (κ3) is 5.10. The first kappa shape index (κ1) is 17.0. The number of carbonyl (C=O) groups excluding carboxylic acids is 1. The van der Waals surface area contributed by atoms with E-state index < -0.39 is 17.8 Å². The molecule has 5 nitrogen and oxygen atoms in total. The van der Waals surface area contributed by atoms with Crippen LogP contribution in [0.1, 0.15) is 30.2 Å². The van der Waals surface area contributed by atoms with Crippen LogP contribution in [-0.4, -0.2) is 17.0 Å². The van der Waals surface area contributed by atoms with Crippen molar-refractivity contribution >= 4 is 23.5 Å². The monoisotopic (exact) mass is 339 g/mol. The minimum Gasteiger partial charge on any atom is -0.481 e. The van der Waals surface area contributed by atoms with Crippen molar-refractivity contribution in [2.24, 2.45) is 0 Å². The molecule has 2 aromatic rings. The average Bonchev–Trinajstić information content (AvgIpc) is 3.00. The number of amides is 1. The summed E-state index contributed by atoms with van der Waals surface area (Å²) in [6, 6.07) is 6.58. The van der Waals surface area contributed by atoms with Crippen LogP contribution in [0.3, 0.4) is 0 Å². The third-order valence-electron chi connectivity index (χ3n) is 3.24. The Kier molecular flexibility index (Phi) is 5.76. The maximum absolute atomic E-state index is 13.5. The van der Waals surface area contributed by atoms with Gasteiger partial charge in [0.15, 0.2) is 0 Å². The number of halogens is 2. The van der Waals surface area contributed by atoms with Gasteiger partial charge in [-0.05, 0) is 29.8 Å². The predicted molar refractivity (Wildman–Crippen MR) is 81.6 cm³/mol. The van der Waals surface area contributed by atoms with E-state index in [1.54, 1.807) is 12.1 Å². The van der Waals surface area contributed by atoms with Crippen LogP contribution in [0.4, 0.5) is 4.39 Å². The van der Waals surface area contributed by atoms with Gasteiger partial charge in [-0.15, -0.1) is 0 Å². The molecule has 7 heteroatoms. The molecular formula is C16H15ClFNO4. The SMILES string of the molecule is O=C(O)C[C@@H](NC(=O)CCc1ccco1)c1ccc(Cl)c(F)c1. The normalized spacial score (nSPS) is 11.9. The van der Waals surface area contributed by atoms with E-state index in [0.717, 1.165) is 6.07 Å². The molecule has 1 heterocycles. The lowest BCUT2D eigenvalue weighted by molar-refractivity contribution is -0.137. The Bertz CT molecular complexity index is 687. The van der Waals surface area contributed by atoms with Crippen LogP contribution < -0.4 is 5.32 Å². The molecule has 23 heavy (non-hydrogen) atoms. The zero-order valence-electron chi connectivity index (χ0n) is 12.1. The molecule has 0 unspecified atom stereocenters. The molecule has 0 fully saturated rings. The second-order valence-electron chi connectivity index (χ2n) is 4.97. The largest absolute Gasteiger partial charge is 0.481 e. The van der Waals surface area contributed by atoms with Gasteiger partial charge in [-0.1, -0.05) is 17.7 Å². The molecule has 0 aliphatic carbocycles. The third-order valence-corrected chi connectivity index (χ3v) is 3.55. The Morgan fingerprint density at radius 3 is 2.74 bits per heavy atom. The first-order chi connectivity index (χ1) is 11.0. The van der Waals surface area contributed by atoms with Gasteiger partial charge in [0.2, 0.25) is 5.91 Å². The van der Waals surface area contributed by atoms with E-state index in [-0.39, 0.29) is 23.8 Å². The number of rotatable bonds is 7. The lowest BCUT2D eigenvalue weighted by Crippen LogP contribution is -2.30. The molecule has 1 aromatic heterocycles. The number of aryl methyl sites for hydroxylation is 1. The smallest absolute Gasteiger partial charge is 0.305 e. The van der Waals surface area contributed by atoms with Crippen LogP contribution in [0.2, 0.25) is 5.02 Å². The molecule has 122 valence electrons. The van der Waals surface area contributed by atoms with Crippen molar-refractivity contribution in [3.05, 3.63) is 58.8 Å². The topological polar surface area (TPSA) is 79.5 Å². The molecule has 2 rings (SSSR count). The van der Waals surface area contributed by atoms with Gasteiger partial charge in [0.05, 0.1) is 23.7 Å². The summed E-state index contributed by atoms with van der Waals surface area (Å²) in [7, 11) is 0. The maximum Gasteiger partial charge on any atom is 0.305 e. The number of carboxylic acid groups (broad SMARTS) is 1. The van der Waals surface area contributed by atoms with Crippen LogP contribution in [0.5, 0.6) is 0 Å². The fraction of sp³-hybridized carbons (Fsp3) is 0.250. The van der Waals surface area contributed by atoms with Crippen molar-refractivity contribution < 1.29 is 23.5 Å². The van der Waals surface area contributed by atoms with Gasteiger partial charge in [0.1, 0.15) is 11.6 Å². The molecule has 0 radical (unpaired) electrons. The standard InChI is InChI=1S/C16H15ClFNO4/c17-12-5-3-10(8-13(12)18)14(9-16(21)22)19-15(20)6-4-11-2-1-7-23-11/h1-3,5,7-8,14H,4,6,9H2,(H,19,20)(H,21,22)/t14-/m1/s1. The van der Waals surface area contributed by atoms with E-state index >= 15 is 0 Å². The van der Waals surface area contributed by atoms with Gasteiger partial charge in [-0.3, -0.25) is 9.59 Å². The van der Waals surface area contributed by atoms with Crippen LogP contribution in [-0.2, 0) is 16.0 Å². The van der Waals surface area contributed by atoms with Gasteiger partial charge in [0.25, 0.3) is 0 Å². The number of hydrogen-bond acceptors (Lipinski definition) is 3. The van der Waals surface area contributed by atoms with Crippen molar-refractivity contribution in [2.45, 2.75) is 25.3 Å². The van der Waals surface area contributed by atoms with Crippen molar-refractivity contribution in [3.8, 4) is 0 Å². The molecule has 0 spiro atoms. The minimum atomic E-state index is -1.10. The van der Waals surface area contributed by atoms with E-state index in [9.17, 15) is 14.0 Å². The van der Waals surface area contributed by atoms with Crippen LogP contribution in [0.15, 0.2) is 41.0 Å². The predicted octanol–water partition coefficient (Wildman–Crippen LogP) is 3.34. The highest BCUT2D eigenvalue weighted by Crippen LogP contribution is 2.22. The zero-order valence-corrected chi connectivity index (χ0v) is 12.8. The van der Waals surface area contributed by atoms with E-state index in [4.69, 9.17) is 21.1 Å². The molecule has 1 amide bonds. The summed E-state index contributed by atoms with van der Waals surface area (Å²) in [4.78, 5) is 23.0. The van der Waals surface area contributed by atoms with Crippen LogP contribution in [0, 0.1) is 5.82 Å². The first-order valence-corrected chi connectivity index (χ1v) is 7.32. The summed E-state index contributed by atoms with van der Waals surface area (Å²) in [6.07, 6.45) is 1.69. The molecule has 0 aliphatic rings. The molecule has 0 bridgehead atoms. The first-order valence-electron chi connectivity index (χ1n) is 6.94. The molecule has 1 aromatic carbocycles. The number of hydrogen-bond donors (Lipinski definition) is 2. The second-order valence-corrected chi connectivity index (χ2v) is 5.38. The van der Waals surface area contributed by atoms with Gasteiger partial charge in [-0.2, -0.15) is 0 Å². The molecular weight excluding hydrogens is 325 g/mol. The summed E-state index contributed by atoms with van der Waals surface area (Å²) in [5.41, 5.74) is 0.348. The minimum absolute atomic E-state index is 0.0630. The zero-order chi connectivity index (χ0) is 16.8. The summed E-state index contributed by atoms with van der Waals surface area (Å²) >= 11 is 5.61. The Balaban J connectivity index is 2.03. The number of nitrogens with one attached hydrogen (secondary N) is 1. The van der Waals surface area contributed by atoms with Gasteiger partial charge in [0, 0.05) is 12.8 Å². The maximum atomic E-state index is 13.5. The Morgan fingerprint density at radius 2 is 2.13 bits per heavy atom. The molecule has 2 N–H and O–H groups in total. The van der Waals surface area contributed by atoms with Crippen molar-refractivity contribution in [1.29, 1.82) is 0 Å². The average molecular weight is 340 g/mol. The summed E-state index contributed by atoms with van der Waals surface area (Å²) in [5, 5.41) is 11.5. The summed E-state index contributed by atoms with van der Waals surface area (Å²) < 4.78 is 18.7. The Morgan fingerprint density at radius 1 is 1.35 bits per heavy atom. The van der Waals surface area contributed by atoms with Gasteiger partial charge in [-0.25, -0.2) is 4.39 Å². The number of aliphatic carboxylic acids is 1. The van der Waals surface area contributed by atoms with E-state index in [1.807, 2.05) is 0 Å². The van der Waals surface area contributed by atoms with Crippen LogP contribution >= 0.6 is 11.6 Å². The lowest BCUT2D eigenvalue weighted by atomic mass is 10.0. The second kappa shape index (κ2) is 7.78. The van der Waals surface area contributed by atoms with E-state index in [0.29, 0.717) is 17.7 Å². The van der Waals surface area contributed by atoms with Gasteiger partial charge >= 0.3 is 5.97 Å². The molecule has 1 atom stereocenters. The number of carboxylic acids is 1.